The molecule has 1 amide bonds. The Morgan fingerprint density at radius 1 is 1.12 bits per heavy atom. The maximum absolute atomic E-state index is 12.5. The van der Waals surface area contributed by atoms with Crippen LogP contribution in [0.5, 0.6) is 0 Å². The number of carbonyl (C=O) groups excluding carboxylic acids is 4. The van der Waals surface area contributed by atoms with Crippen LogP contribution in [0.3, 0.4) is 0 Å². The first-order valence-electron chi connectivity index (χ1n) is 11.1. The summed E-state index contributed by atoms with van der Waals surface area (Å²) in [6, 6.07) is 0. The largest absolute Gasteiger partial charge is 0.463 e. The van der Waals surface area contributed by atoms with Crippen molar-refractivity contribution in [1.29, 1.82) is 0 Å². The van der Waals surface area contributed by atoms with Gasteiger partial charge < -0.3 is 44.3 Å². The van der Waals surface area contributed by atoms with Gasteiger partial charge in [-0.15, -0.1) is 0 Å². The molecule has 0 aromatic carbocycles. The molecule has 0 aliphatic carbocycles. The molecular formula is C22H37NO11. The van der Waals surface area contributed by atoms with E-state index in [1.54, 1.807) is 6.92 Å². The van der Waals surface area contributed by atoms with Gasteiger partial charge in [-0.25, -0.2) is 4.79 Å². The van der Waals surface area contributed by atoms with Gasteiger partial charge in [-0.3, -0.25) is 9.59 Å². The van der Waals surface area contributed by atoms with Gasteiger partial charge in [0, 0.05) is 32.9 Å². The van der Waals surface area contributed by atoms with Gasteiger partial charge in [0.2, 0.25) is 0 Å². The van der Waals surface area contributed by atoms with Crippen molar-refractivity contribution in [2.75, 3.05) is 27.3 Å². The van der Waals surface area contributed by atoms with E-state index in [0.29, 0.717) is 0 Å². The summed E-state index contributed by atoms with van der Waals surface area (Å²) in [5.74, 6) is -7.27. The third kappa shape index (κ3) is 7.98. The van der Waals surface area contributed by atoms with Crippen molar-refractivity contribution >= 4 is 23.6 Å². The summed E-state index contributed by atoms with van der Waals surface area (Å²) in [6.07, 6.45) is -7.67. The van der Waals surface area contributed by atoms with Crippen molar-refractivity contribution in [3.63, 3.8) is 0 Å². The van der Waals surface area contributed by atoms with Crippen molar-refractivity contribution < 1.29 is 53.8 Å². The molecule has 0 bridgehead atoms. The van der Waals surface area contributed by atoms with E-state index in [4.69, 9.17) is 14.2 Å². The summed E-state index contributed by atoms with van der Waals surface area (Å²) in [6.45, 7) is 5.18. The number of likely N-dealkylation sites (N-methyl/N-ethyl adjacent to an activating group) is 1. The van der Waals surface area contributed by atoms with E-state index in [0.717, 1.165) is 4.90 Å². The van der Waals surface area contributed by atoms with Crippen molar-refractivity contribution in [3.8, 4) is 0 Å². The molecule has 1 aliphatic rings. The van der Waals surface area contributed by atoms with Gasteiger partial charge in [0.15, 0.2) is 6.61 Å². The molecule has 0 saturated carbocycles. The highest BCUT2D eigenvalue weighted by atomic mass is 16.7. The number of ether oxygens (including phenoxy) is 3. The van der Waals surface area contributed by atoms with E-state index in [1.165, 1.54) is 21.0 Å². The number of nitrogens with zero attached hydrogens (tertiary/aromatic N) is 1. The molecule has 196 valence electrons. The second-order valence-corrected chi connectivity index (χ2v) is 9.29. The maximum atomic E-state index is 12.5. The van der Waals surface area contributed by atoms with Crippen LogP contribution in [0.2, 0.25) is 0 Å². The zero-order valence-electron chi connectivity index (χ0n) is 20.5. The molecule has 7 atom stereocenters. The number of aliphatic hydroxyl groups is 4. The molecular weight excluding hydrogens is 454 g/mol. The van der Waals surface area contributed by atoms with Crippen LogP contribution in [0.25, 0.3) is 0 Å². The Morgan fingerprint density at radius 2 is 1.71 bits per heavy atom. The topological polar surface area (TPSA) is 180 Å². The van der Waals surface area contributed by atoms with Gasteiger partial charge in [0.25, 0.3) is 11.7 Å². The molecule has 0 radical (unpaired) electrons. The number of aliphatic hydroxyl groups excluding tert-OH is 3. The number of ketones is 1. The minimum atomic E-state index is -2.76. The third-order valence-electron chi connectivity index (χ3n) is 5.90. The first kappa shape index (κ1) is 29.9. The van der Waals surface area contributed by atoms with E-state index < -0.39 is 79.5 Å². The lowest BCUT2D eigenvalue weighted by atomic mass is 9.80. The highest BCUT2D eigenvalue weighted by molar-refractivity contribution is 5.83. The number of rotatable bonds is 11. The molecule has 12 heteroatoms. The molecule has 1 saturated heterocycles. The summed E-state index contributed by atoms with van der Waals surface area (Å²) in [5.41, 5.74) is 0. The number of Topliss-reactive ketones (excluding diaryl/α,β-unsaturated/α-hetero) is 1. The molecule has 4 N–H and O–H groups in total. The molecule has 7 unspecified atom stereocenters. The molecule has 0 aromatic rings. The Morgan fingerprint density at radius 3 is 2.21 bits per heavy atom. The van der Waals surface area contributed by atoms with Gasteiger partial charge >= 0.3 is 11.9 Å². The molecule has 1 rings (SSSR count). The Kier molecular flexibility index (Phi) is 11.0. The summed E-state index contributed by atoms with van der Waals surface area (Å²) in [4.78, 5) is 49.0. The Bertz CT molecular complexity index is 740. The zero-order chi connectivity index (χ0) is 26.4. The number of amides is 1. The highest BCUT2D eigenvalue weighted by Crippen LogP contribution is 2.36. The van der Waals surface area contributed by atoms with Crippen LogP contribution >= 0.6 is 0 Å². The number of hydrogen-bond donors (Lipinski definition) is 4. The van der Waals surface area contributed by atoms with Crippen molar-refractivity contribution in [3.05, 3.63) is 0 Å². The molecule has 0 spiro atoms. The maximum Gasteiger partial charge on any atom is 0.367 e. The lowest BCUT2D eigenvalue weighted by Crippen LogP contribution is -2.61. The van der Waals surface area contributed by atoms with Crippen molar-refractivity contribution in [1.82, 2.24) is 4.90 Å². The Hall–Kier alpha value is -2.12. The fourth-order valence-corrected chi connectivity index (χ4v) is 3.31. The number of hydrogen-bond acceptors (Lipinski definition) is 11. The predicted molar refractivity (Wildman–Crippen MR) is 116 cm³/mol. The van der Waals surface area contributed by atoms with Gasteiger partial charge in [-0.05, 0) is 12.8 Å². The number of carbonyl (C=O) groups is 4. The first-order valence-corrected chi connectivity index (χ1v) is 11.1. The van der Waals surface area contributed by atoms with E-state index in [2.05, 4.69) is 0 Å². The lowest BCUT2D eigenvalue weighted by molar-refractivity contribution is -0.306. The lowest BCUT2D eigenvalue weighted by Gasteiger charge is -2.45. The van der Waals surface area contributed by atoms with E-state index in [1.807, 2.05) is 13.8 Å². The molecule has 12 nitrogen and oxygen atoms in total. The Balaban J connectivity index is 3.02. The molecule has 1 fully saturated rings. The highest BCUT2D eigenvalue weighted by Gasteiger charge is 2.54. The zero-order valence-corrected chi connectivity index (χ0v) is 20.5. The fourth-order valence-electron chi connectivity index (χ4n) is 3.31. The van der Waals surface area contributed by atoms with Crippen LogP contribution in [0.1, 0.15) is 40.5 Å². The van der Waals surface area contributed by atoms with Crippen molar-refractivity contribution in [2.24, 2.45) is 17.8 Å². The molecule has 0 aromatic heterocycles. The summed E-state index contributed by atoms with van der Waals surface area (Å²) in [7, 11) is 2.86. The second kappa shape index (κ2) is 12.5. The quantitative estimate of drug-likeness (QED) is 0.250. The summed E-state index contributed by atoms with van der Waals surface area (Å²) in [5, 5.41) is 42.4. The molecule has 1 heterocycles. The van der Waals surface area contributed by atoms with Crippen LogP contribution in [-0.2, 0) is 33.4 Å². The van der Waals surface area contributed by atoms with Crippen molar-refractivity contribution in [2.45, 2.75) is 70.7 Å². The minimum Gasteiger partial charge on any atom is -0.463 e. The van der Waals surface area contributed by atoms with Crippen LogP contribution in [0.15, 0.2) is 0 Å². The third-order valence-corrected chi connectivity index (χ3v) is 5.90. The first-order chi connectivity index (χ1) is 15.6. The Labute approximate surface area is 198 Å². The average Bonchev–Trinajstić information content (AvgIpc) is 2.75. The SMILES string of the molecule is CC(=O)CC1C(O)CC(O)(C(=O)OCC(=O)N(C)C)OC1C(O)C(O)COC(=O)C(C)C(C)C. The molecule has 1 aliphatic heterocycles. The fraction of sp³-hybridized carbons (Fsp3) is 0.818. The average molecular weight is 492 g/mol. The van der Waals surface area contributed by atoms with Gasteiger partial charge in [0.05, 0.1) is 18.1 Å². The second-order valence-electron chi connectivity index (χ2n) is 9.29. The van der Waals surface area contributed by atoms with E-state index >= 15 is 0 Å². The summed E-state index contributed by atoms with van der Waals surface area (Å²) < 4.78 is 15.2. The minimum absolute atomic E-state index is 0.0215. The number of esters is 2. The van der Waals surface area contributed by atoms with Crippen LogP contribution in [-0.4, -0.2) is 106 Å². The van der Waals surface area contributed by atoms with E-state index in [9.17, 15) is 39.6 Å². The van der Waals surface area contributed by atoms with Crippen LogP contribution in [0, 0.1) is 17.8 Å². The monoisotopic (exact) mass is 491 g/mol. The molecule has 34 heavy (non-hydrogen) atoms. The van der Waals surface area contributed by atoms with Gasteiger partial charge in [0.1, 0.15) is 24.6 Å². The van der Waals surface area contributed by atoms with E-state index in [-0.39, 0.29) is 18.1 Å². The standard InChI is InChI=1S/C22H37NO11/c1-11(2)13(4)20(29)32-9-16(26)18(28)19-14(7-12(3)24)15(25)8-22(31,34-19)21(30)33-10-17(27)23(5)6/h11,13-16,18-19,25-26,28,31H,7-10H2,1-6H3. The smallest absolute Gasteiger partial charge is 0.367 e. The van der Waals surface area contributed by atoms with Gasteiger partial charge in [-0.2, -0.15) is 0 Å². The van der Waals surface area contributed by atoms with Crippen LogP contribution in [0.4, 0.5) is 0 Å². The predicted octanol–water partition coefficient (Wildman–Crippen LogP) is -1.39. The normalized spacial score (nSPS) is 27.4. The van der Waals surface area contributed by atoms with Crippen LogP contribution < -0.4 is 0 Å². The van der Waals surface area contributed by atoms with Gasteiger partial charge in [-0.1, -0.05) is 20.8 Å². The summed E-state index contributed by atoms with van der Waals surface area (Å²) >= 11 is 0.